The SMILES string of the molecule is CCOCc1ccccc1CNC(=O)Cn1c(-c2ccc(Cl)cc2)n[nH]c1=S. The normalized spacial score (nSPS) is 10.8. The van der Waals surface area contributed by atoms with Crippen LogP contribution >= 0.6 is 23.8 Å². The average molecular weight is 417 g/mol. The molecule has 0 aliphatic heterocycles. The molecule has 1 aromatic heterocycles. The van der Waals surface area contributed by atoms with Crippen molar-refractivity contribution >= 4 is 29.7 Å². The van der Waals surface area contributed by atoms with E-state index >= 15 is 0 Å². The molecule has 0 atom stereocenters. The molecule has 0 unspecified atom stereocenters. The number of hydrogen-bond donors (Lipinski definition) is 2. The third kappa shape index (κ3) is 5.07. The van der Waals surface area contributed by atoms with Crippen LogP contribution < -0.4 is 5.32 Å². The second-order valence-corrected chi connectivity index (χ2v) is 6.95. The molecule has 3 aromatic rings. The van der Waals surface area contributed by atoms with E-state index in [-0.39, 0.29) is 12.5 Å². The van der Waals surface area contributed by atoms with Gasteiger partial charge >= 0.3 is 0 Å². The Balaban J connectivity index is 1.69. The first-order valence-corrected chi connectivity index (χ1v) is 9.69. The van der Waals surface area contributed by atoms with E-state index in [0.717, 1.165) is 16.7 Å². The summed E-state index contributed by atoms with van der Waals surface area (Å²) in [6.45, 7) is 3.62. The number of rotatable bonds is 8. The van der Waals surface area contributed by atoms with Crippen molar-refractivity contribution in [3.63, 3.8) is 0 Å². The summed E-state index contributed by atoms with van der Waals surface area (Å²) in [6.07, 6.45) is 0. The zero-order chi connectivity index (χ0) is 19.9. The number of benzene rings is 2. The van der Waals surface area contributed by atoms with E-state index in [9.17, 15) is 4.79 Å². The quantitative estimate of drug-likeness (QED) is 0.542. The maximum absolute atomic E-state index is 12.5. The zero-order valence-electron chi connectivity index (χ0n) is 15.4. The van der Waals surface area contributed by atoms with Gasteiger partial charge in [-0.15, -0.1) is 0 Å². The second kappa shape index (κ2) is 9.64. The molecule has 0 spiro atoms. The average Bonchev–Trinajstić information content (AvgIpc) is 3.06. The molecule has 2 N–H and O–H groups in total. The first-order valence-electron chi connectivity index (χ1n) is 8.91. The monoisotopic (exact) mass is 416 g/mol. The minimum absolute atomic E-state index is 0.0704. The fourth-order valence-electron chi connectivity index (χ4n) is 2.76. The van der Waals surface area contributed by atoms with Gasteiger partial charge in [0.2, 0.25) is 5.91 Å². The van der Waals surface area contributed by atoms with Gasteiger partial charge in [0, 0.05) is 23.7 Å². The van der Waals surface area contributed by atoms with Crippen LogP contribution in [0.1, 0.15) is 18.1 Å². The number of H-pyrrole nitrogens is 1. The van der Waals surface area contributed by atoms with Gasteiger partial charge < -0.3 is 10.1 Å². The Labute approximate surface area is 173 Å². The fourth-order valence-corrected chi connectivity index (χ4v) is 3.08. The number of halogens is 1. The standard InChI is InChI=1S/C20H21ClN4O2S/c1-2-27-13-16-6-4-3-5-15(16)11-22-18(26)12-25-19(23-24-20(25)28)14-7-9-17(21)10-8-14/h3-10H,2,11-13H2,1H3,(H,22,26)(H,24,28). The highest BCUT2D eigenvalue weighted by molar-refractivity contribution is 7.71. The molecule has 0 saturated heterocycles. The van der Waals surface area contributed by atoms with E-state index in [1.54, 1.807) is 16.7 Å². The van der Waals surface area contributed by atoms with Gasteiger partial charge in [0.25, 0.3) is 0 Å². The van der Waals surface area contributed by atoms with Gasteiger partial charge in [-0.1, -0.05) is 35.9 Å². The van der Waals surface area contributed by atoms with E-state index in [0.29, 0.717) is 35.4 Å². The molecule has 28 heavy (non-hydrogen) atoms. The van der Waals surface area contributed by atoms with Crippen molar-refractivity contribution in [1.82, 2.24) is 20.1 Å². The maximum Gasteiger partial charge on any atom is 0.240 e. The van der Waals surface area contributed by atoms with E-state index in [1.165, 1.54) is 0 Å². The van der Waals surface area contributed by atoms with E-state index in [1.807, 2.05) is 43.3 Å². The van der Waals surface area contributed by atoms with Gasteiger partial charge in [-0.25, -0.2) is 0 Å². The number of carbonyl (C=O) groups is 1. The summed E-state index contributed by atoms with van der Waals surface area (Å²) < 4.78 is 7.54. The van der Waals surface area contributed by atoms with Crippen molar-refractivity contribution in [2.45, 2.75) is 26.6 Å². The Hall–Kier alpha value is -2.48. The summed E-state index contributed by atoms with van der Waals surface area (Å²) in [4.78, 5) is 12.5. The smallest absolute Gasteiger partial charge is 0.240 e. The third-order valence-corrected chi connectivity index (χ3v) is 4.78. The van der Waals surface area contributed by atoms with E-state index < -0.39 is 0 Å². The lowest BCUT2D eigenvalue weighted by atomic mass is 10.1. The minimum atomic E-state index is -0.154. The molecule has 6 nitrogen and oxygen atoms in total. The topological polar surface area (TPSA) is 71.9 Å². The molecule has 0 aliphatic rings. The lowest BCUT2D eigenvalue weighted by Crippen LogP contribution is -2.28. The van der Waals surface area contributed by atoms with Crippen molar-refractivity contribution in [2.24, 2.45) is 0 Å². The Morgan fingerprint density at radius 1 is 1.21 bits per heavy atom. The lowest BCUT2D eigenvalue weighted by molar-refractivity contribution is -0.121. The number of hydrogen-bond acceptors (Lipinski definition) is 4. The molecule has 0 saturated carbocycles. The van der Waals surface area contributed by atoms with Crippen LogP contribution in [0.3, 0.4) is 0 Å². The summed E-state index contributed by atoms with van der Waals surface area (Å²) in [5.41, 5.74) is 2.91. The minimum Gasteiger partial charge on any atom is -0.377 e. The van der Waals surface area contributed by atoms with Crippen molar-refractivity contribution < 1.29 is 9.53 Å². The second-order valence-electron chi connectivity index (χ2n) is 6.13. The van der Waals surface area contributed by atoms with Gasteiger partial charge in [-0.2, -0.15) is 5.10 Å². The Kier molecular flexibility index (Phi) is 6.97. The number of ether oxygens (including phenoxy) is 1. The number of amides is 1. The molecule has 0 aliphatic carbocycles. The fraction of sp³-hybridized carbons (Fsp3) is 0.250. The summed E-state index contributed by atoms with van der Waals surface area (Å²) in [5.74, 6) is 0.437. The summed E-state index contributed by atoms with van der Waals surface area (Å²) in [7, 11) is 0. The van der Waals surface area contributed by atoms with E-state index in [2.05, 4.69) is 15.5 Å². The van der Waals surface area contributed by atoms with Crippen LogP contribution in [-0.2, 0) is 29.2 Å². The van der Waals surface area contributed by atoms with Crippen LogP contribution in [-0.4, -0.2) is 27.3 Å². The van der Waals surface area contributed by atoms with Crippen LogP contribution in [0.2, 0.25) is 5.02 Å². The van der Waals surface area contributed by atoms with Crippen molar-refractivity contribution in [3.05, 3.63) is 69.5 Å². The number of aromatic amines is 1. The molecule has 2 aromatic carbocycles. The van der Waals surface area contributed by atoms with Gasteiger partial charge in [0.1, 0.15) is 6.54 Å². The molecule has 1 heterocycles. The highest BCUT2D eigenvalue weighted by Gasteiger charge is 2.13. The van der Waals surface area contributed by atoms with Gasteiger partial charge in [0.05, 0.1) is 6.61 Å². The molecule has 146 valence electrons. The largest absolute Gasteiger partial charge is 0.377 e. The Bertz CT molecular complexity index is 998. The van der Waals surface area contributed by atoms with Crippen LogP contribution in [0, 0.1) is 4.77 Å². The maximum atomic E-state index is 12.5. The molecular formula is C20H21ClN4O2S. The first kappa shape index (κ1) is 20.3. The van der Waals surface area contributed by atoms with E-state index in [4.69, 9.17) is 28.6 Å². The highest BCUT2D eigenvalue weighted by atomic mass is 35.5. The number of aromatic nitrogens is 3. The molecule has 8 heteroatoms. The molecule has 0 radical (unpaired) electrons. The molecule has 3 rings (SSSR count). The van der Waals surface area contributed by atoms with Crippen molar-refractivity contribution in [2.75, 3.05) is 6.61 Å². The van der Waals surface area contributed by atoms with Crippen LogP contribution in [0.5, 0.6) is 0 Å². The molecule has 0 bridgehead atoms. The van der Waals surface area contributed by atoms with Gasteiger partial charge in [-0.05, 0) is 54.5 Å². The van der Waals surface area contributed by atoms with Gasteiger partial charge in [0.15, 0.2) is 10.6 Å². The number of nitrogens with one attached hydrogen (secondary N) is 2. The molecular weight excluding hydrogens is 396 g/mol. The predicted octanol–water partition coefficient (Wildman–Crippen LogP) is 4.11. The zero-order valence-corrected chi connectivity index (χ0v) is 17.0. The van der Waals surface area contributed by atoms with Crippen molar-refractivity contribution in [1.29, 1.82) is 0 Å². The van der Waals surface area contributed by atoms with Crippen molar-refractivity contribution in [3.8, 4) is 11.4 Å². The van der Waals surface area contributed by atoms with Gasteiger partial charge in [-0.3, -0.25) is 14.5 Å². The van der Waals surface area contributed by atoms with Crippen LogP contribution in [0.15, 0.2) is 48.5 Å². The predicted molar refractivity (Wildman–Crippen MR) is 111 cm³/mol. The molecule has 1 amide bonds. The summed E-state index contributed by atoms with van der Waals surface area (Å²) in [6, 6.07) is 15.1. The summed E-state index contributed by atoms with van der Waals surface area (Å²) >= 11 is 11.2. The lowest BCUT2D eigenvalue weighted by Gasteiger charge is -2.12. The Morgan fingerprint density at radius 2 is 1.93 bits per heavy atom. The molecule has 0 fully saturated rings. The summed E-state index contributed by atoms with van der Waals surface area (Å²) in [5, 5.41) is 10.6. The number of nitrogens with zero attached hydrogens (tertiary/aromatic N) is 2. The highest BCUT2D eigenvalue weighted by Crippen LogP contribution is 2.20. The third-order valence-electron chi connectivity index (χ3n) is 4.22. The Morgan fingerprint density at radius 3 is 2.64 bits per heavy atom. The first-order chi connectivity index (χ1) is 13.6. The number of carbonyl (C=O) groups excluding carboxylic acids is 1. The van der Waals surface area contributed by atoms with Crippen LogP contribution in [0.4, 0.5) is 0 Å². The van der Waals surface area contributed by atoms with Crippen LogP contribution in [0.25, 0.3) is 11.4 Å².